The molecular weight excluding hydrogens is 412 g/mol. The quantitative estimate of drug-likeness (QED) is 0.524. The molecule has 0 aliphatic carbocycles. The van der Waals surface area contributed by atoms with Crippen LogP contribution in [0.25, 0.3) is 16.7 Å². The molecule has 0 aliphatic rings. The van der Waals surface area contributed by atoms with Crippen LogP contribution in [0, 0.1) is 19.9 Å². The van der Waals surface area contributed by atoms with Gasteiger partial charge in [0.15, 0.2) is 17.4 Å². The van der Waals surface area contributed by atoms with E-state index in [1.165, 1.54) is 22.2 Å². The van der Waals surface area contributed by atoms with Crippen molar-refractivity contribution in [2.24, 2.45) is 7.05 Å². The fraction of sp³-hybridized carbons (Fsp3) is 0.188. The molecule has 99 valence electrons. The van der Waals surface area contributed by atoms with Crippen LogP contribution >= 0.6 is 0 Å². The normalized spacial score (nSPS) is 10.5. The number of benzene rings is 2. The first kappa shape index (κ1) is 14.0. The maximum Gasteiger partial charge on any atom is 0.191 e. The summed E-state index contributed by atoms with van der Waals surface area (Å²) in [4.78, 5) is 0. The predicted molar refractivity (Wildman–Crippen MR) is 75.0 cm³/mol. The van der Waals surface area contributed by atoms with Crippen molar-refractivity contribution in [1.82, 2.24) is 9.13 Å². The van der Waals surface area contributed by atoms with E-state index in [-0.39, 0.29) is 20.1 Å². The molecule has 1 radical (unpaired) electrons. The van der Waals surface area contributed by atoms with E-state index in [2.05, 4.69) is 60.6 Å². The van der Waals surface area contributed by atoms with Gasteiger partial charge in [-0.1, -0.05) is 0 Å². The van der Waals surface area contributed by atoms with E-state index < -0.39 is 0 Å². The third-order valence-electron chi connectivity index (χ3n) is 3.39. The Labute approximate surface area is 127 Å². The Morgan fingerprint density at radius 3 is 2.32 bits per heavy atom. The van der Waals surface area contributed by atoms with Crippen LogP contribution in [0.4, 0.5) is 0 Å². The van der Waals surface area contributed by atoms with Gasteiger partial charge in [0.25, 0.3) is 0 Å². The van der Waals surface area contributed by atoms with E-state index >= 15 is 0 Å². The fourth-order valence-electron chi connectivity index (χ4n) is 2.54. The zero-order valence-electron chi connectivity index (χ0n) is 11.3. The van der Waals surface area contributed by atoms with Crippen LogP contribution < -0.4 is 0 Å². The molecule has 0 fully saturated rings. The minimum Gasteiger partial charge on any atom is -0.248 e. The molecule has 0 spiro atoms. The molecule has 0 saturated carbocycles. The van der Waals surface area contributed by atoms with E-state index in [0.29, 0.717) is 0 Å². The van der Waals surface area contributed by atoms with Crippen LogP contribution in [0.1, 0.15) is 11.1 Å². The molecule has 3 rings (SSSR count). The SMILES string of the molecule is Cc1ccc(C)c2c1n(C)[cH+]n2-c1[c-]cccc1.[Ir]. The molecule has 0 aliphatic heterocycles. The zero-order chi connectivity index (χ0) is 12.7. The minimum atomic E-state index is 0. The maximum atomic E-state index is 3.29. The van der Waals surface area contributed by atoms with E-state index in [1.807, 2.05) is 18.2 Å². The summed E-state index contributed by atoms with van der Waals surface area (Å²) in [6.45, 7) is 4.31. The summed E-state index contributed by atoms with van der Waals surface area (Å²) in [6.07, 6.45) is 2.12. The van der Waals surface area contributed by atoms with Crippen molar-refractivity contribution in [3.8, 4) is 5.69 Å². The molecule has 0 bridgehead atoms. The second-order valence-electron chi connectivity index (χ2n) is 4.74. The molecule has 0 atom stereocenters. The predicted octanol–water partition coefficient (Wildman–Crippen LogP) is 3.66. The summed E-state index contributed by atoms with van der Waals surface area (Å²) in [7, 11) is 2.09. The van der Waals surface area contributed by atoms with Crippen molar-refractivity contribution in [3.05, 3.63) is 59.9 Å². The number of hydrogen-bond donors (Lipinski definition) is 0. The van der Waals surface area contributed by atoms with Gasteiger partial charge in [-0.15, -0.1) is 12.1 Å². The van der Waals surface area contributed by atoms with Gasteiger partial charge >= 0.3 is 0 Å². The number of para-hydroxylation sites is 1. The van der Waals surface area contributed by atoms with E-state index in [0.717, 1.165) is 5.69 Å². The average Bonchev–Trinajstić information content (AvgIpc) is 2.74. The first-order valence-corrected chi connectivity index (χ1v) is 6.12. The molecule has 0 N–H and O–H groups in total. The molecule has 3 aromatic rings. The number of fused-ring (bicyclic) bond motifs is 1. The Balaban J connectivity index is 0.00000133. The molecule has 3 heteroatoms. The monoisotopic (exact) mass is 429 g/mol. The molecule has 1 heterocycles. The van der Waals surface area contributed by atoms with Crippen molar-refractivity contribution in [3.63, 3.8) is 0 Å². The van der Waals surface area contributed by atoms with Gasteiger partial charge in [-0.3, -0.25) is 0 Å². The van der Waals surface area contributed by atoms with E-state index in [1.54, 1.807) is 0 Å². The first-order valence-electron chi connectivity index (χ1n) is 6.12. The topological polar surface area (TPSA) is 9.86 Å². The number of aromatic nitrogens is 2. The number of hydrogen-bond acceptors (Lipinski definition) is 0. The second kappa shape index (κ2) is 5.28. The van der Waals surface area contributed by atoms with Gasteiger partial charge in [0.1, 0.15) is 0 Å². The van der Waals surface area contributed by atoms with Gasteiger partial charge in [0, 0.05) is 44.0 Å². The second-order valence-corrected chi connectivity index (χ2v) is 4.74. The number of imidazole rings is 1. The van der Waals surface area contributed by atoms with Crippen LogP contribution in [-0.2, 0) is 27.2 Å². The Morgan fingerprint density at radius 2 is 1.68 bits per heavy atom. The summed E-state index contributed by atoms with van der Waals surface area (Å²) in [6, 6.07) is 15.7. The molecule has 0 unspecified atom stereocenters. The van der Waals surface area contributed by atoms with Crippen molar-refractivity contribution in [2.45, 2.75) is 13.8 Å². The number of nitrogens with zero attached hydrogens (tertiary/aromatic N) is 2. The summed E-state index contributed by atoms with van der Waals surface area (Å²) in [5.41, 5.74) is 6.21. The maximum absolute atomic E-state index is 3.29. The molecule has 0 amide bonds. The Kier molecular flexibility index (Phi) is 3.88. The van der Waals surface area contributed by atoms with Crippen molar-refractivity contribution >= 4 is 11.0 Å². The van der Waals surface area contributed by atoms with Gasteiger partial charge in [0.2, 0.25) is 0 Å². The van der Waals surface area contributed by atoms with Crippen molar-refractivity contribution in [2.75, 3.05) is 0 Å². The minimum absolute atomic E-state index is 0. The first-order chi connectivity index (χ1) is 8.68. The standard InChI is InChI=1S/C16H16N2.Ir/c1-12-9-10-13(2)16-15(12)17(3)11-18(16)14-7-5-4-6-8-14;/h4-7,9-11H,1-3H3;. The summed E-state index contributed by atoms with van der Waals surface area (Å²) < 4.78 is 4.39. The van der Waals surface area contributed by atoms with Crippen LogP contribution in [0.5, 0.6) is 0 Å². The van der Waals surface area contributed by atoms with Crippen LogP contribution in [0.15, 0.2) is 42.7 Å². The molecule has 0 saturated heterocycles. The van der Waals surface area contributed by atoms with Crippen LogP contribution in [0.2, 0.25) is 0 Å². The van der Waals surface area contributed by atoms with Gasteiger partial charge in [0.05, 0.1) is 0 Å². The van der Waals surface area contributed by atoms with Crippen molar-refractivity contribution in [1.29, 1.82) is 0 Å². The molecule has 2 nitrogen and oxygen atoms in total. The van der Waals surface area contributed by atoms with Crippen molar-refractivity contribution < 1.29 is 20.1 Å². The fourth-order valence-corrected chi connectivity index (χ4v) is 2.54. The summed E-state index contributed by atoms with van der Waals surface area (Å²) in [5.74, 6) is 0. The summed E-state index contributed by atoms with van der Waals surface area (Å²) in [5, 5.41) is 0. The Morgan fingerprint density at radius 1 is 1.00 bits per heavy atom. The van der Waals surface area contributed by atoms with E-state index in [4.69, 9.17) is 0 Å². The molecular formula is C16H16IrN2. The van der Waals surface area contributed by atoms with Gasteiger partial charge in [-0.05, 0) is 26.0 Å². The van der Waals surface area contributed by atoms with E-state index in [9.17, 15) is 0 Å². The smallest absolute Gasteiger partial charge is 0.191 e. The molecule has 1 aromatic heterocycles. The summed E-state index contributed by atoms with van der Waals surface area (Å²) >= 11 is 0. The third-order valence-corrected chi connectivity index (χ3v) is 3.39. The molecule has 2 aromatic carbocycles. The molecule has 19 heavy (non-hydrogen) atoms. The average molecular weight is 429 g/mol. The van der Waals surface area contributed by atoms with Crippen LogP contribution in [0.3, 0.4) is 0 Å². The Hall–Kier alpha value is -1.44. The number of aryl methyl sites for hydroxylation is 3. The third kappa shape index (κ3) is 2.24. The van der Waals surface area contributed by atoms with Gasteiger partial charge in [-0.2, -0.15) is 22.8 Å². The zero-order valence-corrected chi connectivity index (χ0v) is 13.7. The van der Waals surface area contributed by atoms with Gasteiger partial charge < -0.3 is 0 Å². The Bertz CT molecular complexity index is 714. The largest absolute Gasteiger partial charge is 0.248 e. The number of rotatable bonds is 1. The van der Waals surface area contributed by atoms with Gasteiger partial charge in [-0.25, -0.2) is 4.57 Å². The van der Waals surface area contributed by atoms with Crippen LogP contribution in [-0.4, -0.2) is 9.13 Å².